The lowest BCUT2D eigenvalue weighted by molar-refractivity contribution is -0.123. The third-order valence-electron chi connectivity index (χ3n) is 5.84. The molecule has 5 nitrogen and oxygen atoms in total. The number of carbonyl (C=O) groups excluding carboxylic acids is 1. The molecular formula is C29H24FN3O2S2. The normalized spacial score (nSPS) is 14.7. The van der Waals surface area contributed by atoms with Gasteiger partial charge in [-0.15, -0.1) is 0 Å². The highest BCUT2D eigenvalue weighted by Gasteiger charge is 2.34. The molecular weight excluding hydrogens is 505 g/mol. The van der Waals surface area contributed by atoms with E-state index in [4.69, 9.17) is 22.1 Å². The molecule has 0 N–H and O–H groups in total. The van der Waals surface area contributed by atoms with Gasteiger partial charge in [0.1, 0.15) is 22.5 Å². The van der Waals surface area contributed by atoms with Crippen LogP contribution in [0.4, 0.5) is 4.39 Å². The third kappa shape index (κ3) is 5.50. The lowest BCUT2D eigenvalue weighted by atomic mass is 10.1. The predicted molar refractivity (Wildman–Crippen MR) is 150 cm³/mol. The van der Waals surface area contributed by atoms with Crippen LogP contribution >= 0.6 is 24.0 Å². The first-order valence-electron chi connectivity index (χ1n) is 11.8. The first-order chi connectivity index (χ1) is 17.9. The maximum Gasteiger partial charge on any atom is 0.266 e. The summed E-state index contributed by atoms with van der Waals surface area (Å²) in [5, 5.41) is 4.85. The Balaban J connectivity index is 1.45. The Hall–Kier alpha value is -3.75. The second kappa shape index (κ2) is 10.7. The van der Waals surface area contributed by atoms with Crippen molar-refractivity contribution in [1.29, 1.82) is 0 Å². The van der Waals surface area contributed by atoms with Crippen LogP contribution in [0.15, 0.2) is 90.0 Å². The van der Waals surface area contributed by atoms with Crippen molar-refractivity contribution in [3.63, 3.8) is 0 Å². The molecule has 5 rings (SSSR count). The van der Waals surface area contributed by atoms with Gasteiger partial charge in [-0.2, -0.15) is 5.10 Å². The number of aromatic nitrogens is 2. The average Bonchev–Trinajstić information content (AvgIpc) is 3.44. The van der Waals surface area contributed by atoms with E-state index >= 15 is 0 Å². The van der Waals surface area contributed by atoms with Gasteiger partial charge < -0.3 is 4.74 Å². The highest BCUT2D eigenvalue weighted by molar-refractivity contribution is 8.26. The van der Waals surface area contributed by atoms with Gasteiger partial charge in [-0.1, -0.05) is 54.3 Å². The van der Waals surface area contributed by atoms with Crippen LogP contribution < -0.4 is 4.74 Å². The summed E-state index contributed by atoms with van der Waals surface area (Å²) in [7, 11) is 0. The molecule has 0 spiro atoms. The first kappa shape index (κ1) is 24.9. The lowest BCUT2D eigenvalue weighted by Crippen LogP contribution is -2.34. The molecule has 1 aliphatic heterocycles. The van der Waals surface area contributed by atoms with E-state index in [9.17, 15) is 9.18 Å². The van der Waals surface area contributed by atoms with E-state index in [0.29, 0.717) is 21.6 Å². The molecule has 0 bridgehead atoms. The fraction of sp³-hybridized carbons (Fsp3) is 0.138. The molecule has 2 heterocycles. The minimum Gasteiger partial charge on any atom is -0.489 e. The van der Waals surface area contributed by atoms with Crippen molar-refractivity contribution in [2.45, 2.75) is 26.5 Å². The zero-order valence-electron chi connectivity index (χ0n) is 20.3. The second-order valence-electron chi connectivity index (χ2n) is 8.80. The number of para-hydroxylation sites is 1. The first-order valence-corrected chi connectivity index (χ1v) is 13.0. The van der Waals surface area contributed by atoms with Crippen molar-refractivity contribution < 1.29 is 13.9 Å². The number of ether oxygens (including phenoxy) is 1. The summed E-state index contributed by atoms with van der Waals surface area (Å²) in [6, 6.07) is 23.7. The summed E-state index contributed by atoms with van der Waals surface area (Å²) in [5.74, 6) is 0.327. The highest BCUT2D eigenvalue weighted by Crippen LogP contribution is 2.36. The quantitative estimate of drug-likeness (QED) is 0.193. The van der Waals surface area contributed by atoms with Gasteiger partial charge in [-0.05, 0) is 74.0 Å². The number of amides is 1. The highest BCUT2D eigenvalue weighted by atomic mass is 32.2. The molecule has 1 aliphatic rings. The maximum atomic E-state index is 13.1. The van der Waals surface area contributed by atoms with E-state index < -0.39 is 0 Å². The van der Waals surface area contributed by atoms with Crippen molar-refractivity contribution in [2.24, 2.45) is 0 Å². The SMILES string of the molecule is CC(C)N1C(=O)/C(=C/c2cn(-c3ccccc3)nc2-c2ccc(OCc3ccc(F)cc3)cc2)SC1=S. The molecule has 0 saturated carbocycles. The molecule has 1 amide bonds. The minimum atomic E-state index is -0.273. The van der Waals surface area contributed by atoms with Crippen LogP contribution in [0.25, 0.3) is 23.0 Å². The number of thiocarbonyl (C=S) groups is 1. The lowest BCUT2D eigenvalue weighted by Gasteiger charge is -2.18. The fourth-order valence-corrected chi connectivity index (χ4v) is 5.47. The zero-order valence-corrected chi connectivity index (χ0v) is 21.9. The van der Waals surface area contributed by atoms with E-state index in [0.717, 1.165) is 28.1 Å². The fourth-order valence-electron chi connectivity index (χ4n) is 3.95. The van der Waals surface area contributed by atoms with Crippen LogP contribution in [0.3, 0.4) is 0 Å². The van der Waals surface area contributed by atoms with Gasteiger partial charge in [0.05, 0.1) is 16.3 Å². The van der Waals surface area contributed by atoms with E-state index in [-0.39, 0.29) is 17.8 Å². The molecule has 1 saturated heterocycles. The summed E-state index contributed by atoms with van der Waals surface area (Å²) in [6.45, 7) is 4.24. The van der Waals surface area contributed by atoms with Gasteiger partial charge in [-0.3, -0.25) is 9.69 Å². The van der Waals surface area contributed by atoms with E-state index in [1.165, 1.54) is 23.9 Å². The Bertz CT molecular complexity index is 1460. The molecule has 0 atom stereocenters. The van der Waals surface area contributed by atoms with Crippen LogP contribution in [0.2, 0.25) is 0 Å². The number of rotatable bonds is 7. The Kier molecular flexibility index (Phi) is 7.21. The number of benzene rings is 3. The van der Waals surface area contributed by atoms with Crippen molar-refractivity contribution in [3.05, 3.63) is 107 Å². The monoisotopic (exact) mass is 529 g/mol. The van der Waals surface area contributed by atoms with E-state index in [1.807, 2.05) is 85.4 Å². The summed E-state index contributed by atoms with van der Waals surface area (Å²) in [5.41, 5.74) is 4.23. The number of thioether (sulfide) groups is 1. The van der Waals surface area contributed by atoms with Gasteiger partial charge in [0.15, 0.2) is 0 Å². The van der Waals surface area contributed by atoms with Gasteiger partial charge in [0.25, 0.3) is 5.91 Å². The van der Waals surface area contributed by atoms with Crippen molar-refractivity contribution >= 4 is 40.3 Å². The van der Waals surface area contributed by atoms with Crippen LogP contribution in [0, 0.1) is 5.82 Å². The van der Waals surface area contributed by atoms with Gasteiger partial charge in [-0.25, -0.2) is 9.07 Å². The minimum absolute atomic E-state index is 0.00707. The number of nitrogens with zero attached hydrogens (tertiary/aromatic N) is 3. The molecule has 0 aliphatic carbocycles. The summed E-state index contributed by atoms with van der Waals surface area (Å²) in [6.07, 6.45) is 3.79. The number of halogens is 1. The Morgan fingerprint density at radius 3 is 2.38 bits per heavy atom. The van der Waals surface area contributed by atoms with E-state index in [1.54, 1.807) is 17.0 Å². The number of hydrogen-bond acceptors (Lipinski definition) is 5. The number of hydrogen-bond donors (Lipinski definition) is 0. The van der Waals surface area contributed by atoms with Crippen molar-refractivity contribution in [2.75, 3.05) is 0 Å². The Morgan fingerprint density at radius 2 is 1.73 bits per heavy atom. The average molecular weight is 530 g/mol. The summed E-state index contributed by atoms with van der Waals surface area (Å²) >= 11 is 6.76. The second-order valence-corrected chi connectivity index (χ2v) is 10.5. The molecule has 4 aromatic rings. The standard InChI is InChI=1S/C29H24FN3O2S2/c1-19(2)33-28(34)26(37-29(33)36)16-22-17-32(24-6-4-3-5-7-24)31-27(22)21-10-14-25(15-11-21)35-18-20-8-12-23(30)13-9-20/h3-17,19H,18H2,1-2H3/b26-16-. The number of carbonyl (C=O) groups is 1. The molecule has 3 aromatic carbocycles. The zero-order chi connectivity index (χ0) is 25.9. The van der Waals surface area contributed by atoms with Crippen molar-refractivity contribution in [3.8, 4) is 22.7 Å². The molecule has 0 radical (unpaired) electrons. The van der Waals surface area contributed by atoms with Crippen LogP contribution in [0.1, 0.15) is 25.0 Å². The molecule has 1 aromatic heterocycles. The smallest absolute Gasteiger partial charge is 0.266 e. The van der Waals surface area contributed by atoms with Crippen LogP contribution in [-0.4, -0.2) is 30.9 Å². The molecule has 1 fully saturated rings. The van der Waals surface area contributed by atoms with Crippen LogP contribution in [0.5, 0.6) is 5.75 Å². The Labute approximate surface area is 224 Å². The molecule has 186 valence electrons. The molecule has 0 unspecified atom stereocenters. The largest absolute Gasteiger partial charge is 0.489 e. The Morgan fingerprint density at radius 1 is 1.03 bits per heavy atom. The van der Waals surface area contributed by atoms with E-state index in [2.05, 4.69) is 0 Å². The third-order valence-corrected chi connectivity index (χ3v) is 7.17. The van der Waals surface area contributed by atoms with Gasteiger partial charge >= 0.3 is 0 Å². The van der Waals surface area contributed by atoms with Gasteiger partial charge in [0.2, 0.25) is 0 Å². The van der Waals surface area contributed by atoms with Gasteiger partial charge in [0, 0.05) is 23.4 Å². The predicted octanol–water partition coefficient (Wildman–Crippen LogP) is 6.87. The molecule has 37 heavy (non-hydrogen) atoms. The maximum absolute atomic E-state index is 13.1. The van der Waals surface area contributed by atoms with Crippen LogP contribution in [-0.2, 0) is 11.4 Å². The molecule has 8 heteroatoms. The van der Waals surface area contributed by atoms with Crippen molar-refractivity contribution in [1.82, 2.24) is 14.7 Å². The summed E-state index contributed by atoms with van der Waals surface area (Å²) in [4.78, 5) is 15.2. The topological polar surface area (TPSA) is 47.4 Å². The summed E-state index contributed by atoms with van der Waals surface area (Å²) < 4.78 is 21.4.